The number of amides is 6. The van der Waals surface area contributed by atoms with Crippen LogP contribution < -0.4 is 10.9 Å². The predicted octanol–water partition coefficient (Wildman–Crippen LogP) is -0.397. The van der Waals surface area contributed by atoms with E-state index in [1.807, 2.05) is 0 Å². The Morgan fingerprint density at radius 1 is 0.625 bits per heavy atom. The molecule has 2 unspecified atom stereocenters. The number of hydrazine groups is 2. The number of carbonyl (C=O) groups excluding carboxylic acids is 6. The Hall–Kier alpha value is -4.74. The largest absolute Gasteiger partial charge is 0.285 e. The zero-order valence-electron chi connectivity index (χ0n) is 16.2. The van der Waals surface area contributed by atoms with Gasteiger partial charge in [0, 0.05) is 11.1 Å². The topological polar surface area (TPSA) is 158 Å². The molecule has 160 valence electrons. The van der Waals surface area contributed by atoms with Crippen LogP contribution in [0.25, 0.3) is 0 Å². The van der Waals surface area contributed by atoms with Crippen LogP contribution >= 0.6 is 0 Å². The predicted molar refractivity (Wildman–Crippen MR) is 104 cm³/mol. The van der Waals surface area contributed by atoms with Gasteiger partial charge in [0.2, 0.25) is 12.1 Å². The van der Waals surface area contributed by atoms with Gasteiger partial charge in [0.15, 0.2) is 0 Å². The standard InChI is InChI=1S/C20H14N6O6/c27-15-13(19(31)25(23-15)17(29)11-7-3-1-4-8-11)21-22-14-16(28)24-26(20(14)32)18(30)12-9-5-2-6-10-12/h1-10,13-14H,(H,23,27)(H,24,28). The maximum atomic E-state index is 12.5. The molecule has 2 saturated heterocycles. The van der Waals surface area contributed by atoms with Crippen LogP contribution in [0.15, 0.2) is 70.9 Å². The molecule has 2 aromatic rings. The van der Waals surface area contributed by atoms with E-state index in [0.29, 0.717) is 10.0 Å². The van der Waals surface area contributed by atoms with Crippen LogP contribution in [0.5, 0.6) is 0 Å². The summed E-state index contributed by atoms with van der Waals surface area (Å²) in [4.78, 5) is 74.0. The first-order chi connectivity index (χ1) is 15.4. The minimum Gasteiger partial charge on any atom is -0.270 e. The third-order valence-electron chi connectivity index (χ3n) is 4.59. The van der Waals surface area contributed by atoms with Gasteiger partial charge in [-0.05, 0) is 24.3 Å². The van der Waals surface area contributed by atoms with Gasteiger partial charge in [-0.1, -0.05) is 36.4 Å². The third kappa shape index (κ3) is 3.60. The summed E-state index contributed by atoms with van der Waals surface area (Å²) in [5.74, 6) is -5.50. The van der Waals surface area contributed by atoms with E-state index in [2.05, 4.69) is 21.1 Å². The fourth-order valence-electron chi connectivity index (χ4n) is 2.98. The van der Waals surface area contributed by atoms with Crippen molar-refractivity contribution in [1.82, 2.24) is 20.9 Å². The summed E-state index contributed by atoms with van der Waals surface area (Å²) in [6.07, 6.45) is 0. The Bertz CT molecular complexity index is 1070. The molecule has 12 nitrogen and oxygen atoms in total. The molecule has 0 aromatic heterocycles. The molecule has 2 N–H and O–H groups in total. The molecule has 2 fully saturated rings. The van der Waals surface area contributed by atoms with E-state index in [0.717, 1.165) is 0 Å². The number of carbonyl (C=O) groups is 6. The maximum Gasteiger partial charge on any atom is 0.285 e. The summed E-state index contributed by atoms with van der Waals surface area (Å²) >= 11 is 0. The summed E-state index contributed by atoms with van der Waals surface area (Å²) in [5.41, 5.74) is 4.48. The lowest BCUT2D eigenvalue weighted by Gasteiger charge is -2.12. The van der Waals surface area contributed by atoms with Crippen LogP contribution in [0.2, 0.25) is 0 Å². The maximum absolute atomic E-state index is 12.5. The highest BCUT2D eigenvalue weighted by molar-refractivity contribution is 6.19. The van der Waals surface area contributed by atoms with Gasteiger partial charge in [0.05, 0.1) is 0 Å². The van der Waals surface area contributed by atoms with E-state index in [9.17, 15) is 28.8 Å². The highest BCUT2D eigenvalue weighted by atomic mass is 16.2. The second-order valence-corrected chi connectivity index (χ2v) is 6.68. The average Bonchev–Trinajstić information content (AvgIpc) is 3.26. The summed E-state index contributed by atoms with van der Waals surface area (Å²) in [5, 5.41) is 8.00. The number of nitrogens with one attached hydrogen (secondary N) is 2. The number of imide groups is 2. The van der Waals surface area contributed by atoms with Crippen molar-refractivity contribution in [3.8, 4) is 0 Å². The molecule has 0 aliphatic carbocycles. The van der Waals surface area contributed by atoms with Crippen molar-refractivity contribution in [2.45, 2.75) is 12.1 Å². The molecule has 2 aliphatic rings. The molecule has 0 bridgehead atoms. The van der Waals surface area contributed by atoms with E-state index in [4.69, 9.17) is 0 Å². The van der Waals surface area contributed by atoms with Gasteiger partial charge >= 0.3 is 0 Å². The molecule has 6 amide bonds. The Morgan fingerprint density at radius 3 is 1.31 bits per heavy atom. The van der Waals surface area contributed by atoms with Crippen molar-refractivity contribution in [3.63, 3.8) is 0 Å². The SMILES string of the molecule is O=C1NN(C(=O)c2ccccc2)C(=O)C1N=NC1C(=O)NN(C(=O)c2ccccc2)C1=O. The van der Waals surface area contributed by atoms with Crippen LogP contribution in [0.1, 0.15) is 20.7 Å². The molecule has 4 rings (SSSR count). The molecule has 32 heavy (non-hydrogen) atoms. The van der Waals surface area contributed by atoms with Gasteiger partial charge < -0.3 is 0 Å². The van der Waals surface area contributed by atoms with E-state index in [-0.39, 0.29) is 11.1 Å². The molecule has 2 heterocycles. The van der Waals surface area contributed by atoms with Gasteiger partial charge in [-0.2, -0.15) is 20.2 Å². The highest BCUT2D eigenvalue weighted by Crippen LogP contribution is 2.16. The lowest BCUT2D eigenvalue weighted by molar-refractivity contribution is -0.130. The zero-order valence-corrected chi connectivity index (χ0v) is 16.2. The second-order valence-electron chi connectivity index (χ2n) is 6.68. The Kier molecular flexibility index (Phi) is 5.25. The van der Waals surface area contributed by atoms with Crippen molar-refractivity contribution in [1.29, 1.82) is 0 Å². The lowest BCUT2D eigenvalue weighted by Crippen LogP contribution is -2.41. The molecular formula is C20H14N6O6. The third-order valence-corrected chi connectivity index (χ3v) is 4.59. The fraction of sp³-hybridized carbons (Fsp3) is 0.100. The first-order valence-electron chi connectivity index (χ1n) is 9.26. The van der Waals surface area contributed by atoms with Crippen LogP contribution in [0.4, 0.5) is 0 Å². The molecule has 2 aliphatic heterocycles. The quantitative estimate of drug-likeness (QED) is 0.379. The molecule has 0 spiro atoms. The van der Waals surface area contributed by atoms with Crippen molar-refractivity contribution >= 4 is 35.4 Å². The second kappa shape index (κ2) is 8.18. The van der Waals surface area contributed by atoms with Crippen LogP contribution in [-0.4, -0.2) is 57.5 Å². The summed E-state index contributed by atoms with van der Waals surface area (Å²) < 4.78 is 0. The molecule has 0 radical (unpaired) electrons. The van der Waals surface area contributed by atoms with E-state index < -0.39 is 47.5 Å². The number of benzene rings is 2. The summed E-state index contributed by atoms with van der Waals surface area (Å²) in [6, 6.07) is 12.0. The normalized spacial score (nSPS) is 20.6. The number of azo groups is 1. The zero-order chi connectivity index (χ0) is 22.8. The van der Waals surface area contributed by atoms with E-state index in [1.54, 1.807) is 36.4 Å². The van der Waals surface area contributed by atoms with Gasteiger partial charge in [-0.15, -0.1) is 0 Å². The number of hydrogen-bond acceptors (Lipinski definition) is 8. The van der Waals surface area contributed by atoms with Gasteiger partial charge in [0.25, 0.3) is 35.4 Å². The van der Waals surface area contributed by atoms with Crippen LogP contribution in [-0.2, 0) is 19.2 Å². The van der Waals surface area contributed by atoms with Gasteiger partial charge in [0.1, 0.15) is 0 Å². The Balaban J connectivity index is 1.48. The van der Waals surface area contributed by atoms with Gasteiger partial charge in [-0.3, -0.25) is 39.6 Å². The lowest BCUT2D eigenvalue weighted by atomic mass is 10.2. The van der Waals surface area contributed by atoms with Crippen LogP contribution in [0.3, 0.4) is 0 Å². The first-order valence-corrected chi connectivity index (χ1v) is 9.26. The number of hydrogen-bond donors (Lipinski definition) is 2. The smallest absolute Gasteiger partial charge is 0.270 e. The summed E-state index contributed by atoms with van der Waals surface area (Å²) in [6.45, 7) is 0. The van der Waals surface area contributed by atoms with E-state index in [1.165, 1.54) is 24.3 Å². The number of nitrogens with zero attached hydrogens (tertiary/aromatic N) is 4. The number of rotatable bonds is 4. The minimum atomic E-state index is -1.76. The summed E-state index contributed by atoms with van der Waals surface area (Å²) in [7, 11) is 0. The highest BCUT2D eigenvalue weighted by Gasteiger charge is 2.46. The van der Waals surface area contributed by atoms with Crippen LogP contribution in [0, 0.1) is 0 Å². The van der Waals surface area contributed by atoms with Crippen molar-refractivity contribution < 1.29 is 28.8 Å². The molecular weight excluding hydrogens is 420 g/mol. The Morgan fingerprint density at radius 2 is 0.969 bits per heavy atom. The minimum absolute atomic E-state index is 0.152. The monoisotopic (exact) mass is 434 g/mol. The van der Waals surface area contributed by atoms with E-state index >= 15 is 0 Å². The fourth-order valence-corrected chi connectivity index (χ4v) is 2.98. The van der Waals surface area contributed by atoms with Crippen molar-refractivity contribution in [3.05, 3.63) is 71.8 Å². The molecule has 2 atom stereocenters. The van der Waals surface area contributed by atoms with Gasteiger partial charge in [-0.25, -0.2) is 0 Å². The Labute approximate surface area is 179 Å². The molecule has 2 aromatic carbocycles. The molecule has 0 saturated carbocycles. The van der Waals surface area contributed by atoms with Crippen molar-refractivity contribution in [2.75, 3.05) is 0 Å². The molecule has 12 heteroatoms. The average molecular weight is 434 g/mol. The van der Waals surface area contributed by atoms with Crippen molar-refractivity contribution in [2.24, 2.45) is 10.2 Å². The first kappa shape index (κ1) is 20.5.